The van der Waals surface area contributed by atoms with Crippen LogP contribution >= 0.6 is 0 Å². The van der Waals surface area contributed by atoms with Crippen molar-refractivity contribution >= 4 is 16.7 Å². The van der Waals surface area contributed by atoms with E-state index in [4.69, 9.17) is 9.47 Å². The number of carbonyl (C=O) groups excluding carboxylic acids is 1. The van der Waals surface area contributed by atoms with E-state index in [2.05, 4.69) is 59.6 Å². The smallest absolute Gasteiger partial charge is 0.231 e. The molecule has 0 saturated carbocycles. The Morgan fingerprint density at radius 3 is 2.68 bits per heavy atom. The van der Waals surface area contributed by atoms with E-state index in [1.54, 1.807) is 0 Å². The van der Waals surface area contributed by atoms with Crippen LogP contribution in [-0.2, 0) is 11.3 Å². The number of nitrogens with zero attached hydrogens (tertiary/aromatic N) is 1. The van der Waals surface area contributed by atoms with Gasteiger partial charge in [0.25, 0.3) is 0 Å². The molecule has 0 unspecified atom stereocenters. The number of carbonyl (C=O) groups is 1. The van der Waals surface area contributed by atoms with E-state index in [1.165, 1.54) is 16.3 Å². The van der Waals surface area contributed by atoms with Crippen LogP contribution in [0.1, 0.15) is 36.9 Å². The number of benzene rings is 3. The largest absolute Gasteiger partial charge is 0.454 e. The average molecular weight is 417 g/mol. The highest BCUT2D eigenvalue weighted by Crippen LogP contribution is 2.33. The second-order valence-corrected chi connectivity index (χ2v) is 8.46. The molecule has 2 aliphatic rings. The first-order valence-corrected chi connectivity index (χ1v) is 11.1. The SMILES string of the molecule is C[C@H](c1cccc2ccccc12)N1CCC(C(=O)NCc2ccc3c(c2)OCO3)CC1. The van der Waals surface area contributed by atoms with Gasteiger partial charge in [0.15, 0.2) is 11.5 Å². The fourth-order valence-corrected chi connectivity index (χ4v) is 4.74. The molecule has 0 radical (unpaired) electrons. The normalized spacial score (nSPS) is 17.6. The first kappa shape index (κ1) is 19.9. The van der Waals surface area contributed by atoms with Crippen LogP contribution < -0.4 is 14.8 Å². The second kappa shape index (κ2) is 8.60. The molecule has 0 aliphatic carbocycles. The Hall–Kier alpha value is -3.05. The molecule has 5 nitrogen and oxygen atoms in total. The molecule has 1 fully saturated rings. The summed E-state index contributed by atoms with van der Waals surface area (Å²) in [6.07, 6.45) is 1.78. The fraction of sp³-hybridized carbons (Fsp3) is 0.346. The highest BCUT2D eigenvalue weighted by molar-refractivity contribution is 5.86. The van der Waals surface area contributed by atoms with Crippen molar-refractivity contribution in [2.75, 3.05) is 19.9 Å². The number of hydrogen-bond donors (Lipinski definition) is 1. The molecule has 1 saturated heterocycles. The Bertz CT molecular complexity index is 1080. The highest BCUT2D eigenvalue weighted by atomic mass is 16.7. The Morgan fingerprint density at radius 1 is 1.03 bits per heavy atom. The molecule has 0 bridgehead atoms. The van der Waals surface area contributed by atoms with Gasteiger partial charge in [-0.05, 0) is 66.9 Å². The lowest BCUT2D eigenvalue weighted by Gasteiger charge is -2.36. The number of rotatable bonds is 5. The summed E-state index contributed by atoms with van der Waals surface area (Å²) in [6.45, 7) is 4.93. The molecule has 5 heteroatoms. The van der Waals surface area contributed by atoms with E-state index in [0.29, 0.717) is 12.6 Å². The maximum absolute atomic E-state index is 12.7. The molecule has 160 valence electrons. The molecule has 1 N–H and O–H groups in total. The molecule has 0 aromatic heterocycles. The van der Waals surface area contributed by atoms with Crippen molar-refractivity contribution in [1.29, 1.82) is 0 Å². The lowest BCUT2D eigenvalue weighted by Crippen LogP contribution is -2.41. The molecule has 31 heavy (non-hydrogen) atoms. The number of fused-ring (bicyclic) bond motifs is 2. The minimum absolute atomic E-state index is 0.0741. The van der Waals surface area contributed by atoms with Crippen molar-refractivity contribution in [3.8, 4) is 11.5 Å². The molecular weight excluding hydrogens is 388 g/mol. The average Bonchev–Trinajstić information content (AvgIpc) is 3.30. The molecule has 3 aromatic carbocycles. The van der Waals surface area contributed by atoms with E-state index in [9.17, 15) is 4.79 Å². The van der Waals surface area contributed by atoms with Crippen LogP contribution in [0, 0.1) is 5.92 Å². The Labute approximate surface area is 183 Å². The monoisotopic (exact) mass is 416 g/mol. The van der Waals surface area contributed by atoms with Crippen LogP contribution in [0.3, 0.4) is 0 Å². The van der Waals surface area contributed by atoms with E-state index < -0.39 is 0 Å². The second-order valence-electron chi connectivity index (χ2n) is 8.46. The summed E-state index contributed by atoms with van der Waals surface area (Å²) in [5.74, 6) is 1.74. The van der Waals surface area contributed by atoms with E-state index >= 15 is 0 Å². The van der Waals surface area contributed by atoms with Crippen LogP contribution in [0.2, 0.25) is 0 Å². The maximum atomic E-state index is 12.7. The zero-order valence-electron chi connectivity index (χ0n) is 17.8. The third-order valence-corrected chi connectivity index (χ3v) is 6.63. The Kier molecular flexibility index (Phi) is 5.51. The van der Waals surface area contributed by atoms with Crippen LogP contribution in [0.25, 0.3) is 10.8 Å². The van der Waals surface area contributed by atoms with Gasteiger partial charge in [-0.1, -0.05) is 48.5 Å². The number of likely N-dealkylation sites (tertiary alicyclic amines) is 1. The molecule has 3 aromatic rings. The zero-order chi connectivity index (χ0) is 21.2. The predicted octanol–water partition coefficient (Wildman–Crippen LogP) is 4.66. The van der Waals surface area contributed by atoms with Crippen molar-refractivity contribution in [2.24, 2.45) is 5.92 Å². The maximum Gasteiger partial charge on any atom is 0.231 e. The molecule has 1 amide bonds. The number of ether oxygens (including phenoxy) is 2. The van der Waals surface area contributed by atoms with E-state index in [0.717, 1.165) is 43.0 Å². The highest BCUT2D eigenvalue weighted by Gasteiger charge is 2.28. The Morgan fingerprint density at radius 2 is 1.81 bits per heavy atom. The summed E-state index contributed by atoms with van der Waals surface area (Å²) < 4.78 is 10.8. The molecule has 5 rings (SSSR count). The number of amides is 1. The van der Waals surface area contributed by atoms with Gasteiger partial charge < -0.3 is 14.8 Å². The standard InChI is InChI=1S/C26H28N2O3/c1-18(22-8-4-6-20-5-2-3-7-23(20)22)28-13-11-21(12-14-28)26(29)27-16-19-9-10-24-25(15-19)31-17-30-24/h2-10,15,18,21H,11-14,16-17H2,1H3,(H,27,29)/t18-/m1/s1. The number of piperidine rings is 1. The molecule has 0 spiro atoms. The van der Waals surface area contributed by atoms with Gasteiger partial charge in [-0.3, -0.25) is 9.69 Å². The minimum atomic E-state index is 0.0741. The van der Waals surface area contributed by atoms with Crippen molar-refractivity contribution < 1.29 is 14.3 Å². The summed E-state index contributed by atoms with van der Waals surface area (Å²) >= 11 is 0. The van der Waals surface area contributed by atoms with Crippen LogP contribution in [-0.4, -0.2) is 30.7 Å². The van der Waals surface area contributed by atoms with Crippen molar-refractivity contribution in [3.63, 3.8) is 0 Å². The first-order valence-electron chi connectivity index (χ1n) is 11.1. The van der Waals surface area contributed by atoms with E-state index in [-0.39, 0.29) is 18.6 Å². The molecular formula is C26H28N2O3. The third kappa shape index (κ3) is 4.10. The summed E-state index contributed by atoms with van der Waals surface area (Å²) in [5.41, 5.74) is 2.39. The van der Waals surface area contributed by atoms with Crippen LogP contribution in [0.15, 0.2) is 60.7 Å². The summed E-state index contributed by atoms with van der Waals surface area (Å²) in [5, 5.41) is 5.71. The summed E-state index contributed by atoms with van der Waals surface area (Å²) in [7, 11) is 0. The van der Waals surface area contributed by atoms with E-state index in [1.807, 2.05) is 18.2 Å². The minimum Gasteiger partial charge on any atom is -0.454 e. The first-order chi connectivity index (χ1) is 15.2. The summed E-state index contributed by atoms with van der Waals surface area (Å²) in [6, 6.07) is 21.3. The summed E-state index contributed by atoms with van der Waals surface area (Å²) in [4.78, 5) is 15.2. The van der Waals surface area contributed by atoms with Gasteiger partial charge in [0, 0.05) is 18.5 Å². The van der Waals surface area contributed by atoms with Gasteiger partial charge in [-0.25, -0.2) is 0 Å². The van der Waals surface area contributed by atoms with Gasteiger partial charge in [0.05, 0.1) is 0 Å². The quantitative estimate of drug-likeness (QED) is 0.657. The lowest BCUT2D eigenvalue weighted by molar-refractivity contribution is -0.126. The molecule has 2 heterocycles. The van der Waals surface area contributed by atoms with Gasteiger partial charge in [0.1, 0.15) is 0 Å². The Balaban J connectivity index is 1.17. The van der Waals surface area contributed by atoms with Crippen molar-refractivity contribution in [3.05, 3.63) is 71.8 Å². The van der Waals surface area contributed by atoms with Crippen molar-refractivity contribution in [2.45, 2.75) is 32.4 Å². The lowest BCUT2D eigenvalue weighted by atomic mass is 9.92. The van der Waals surface area contributed by atoms with Crippen LogP contribution in [0.4, 0.5) is 0 Å². The van der Waals surface area contributed by atoms with Gasteiger partial charge in [-0.15, -0.1) is 0 Å². The molecule has 2 aliphatic heterocycles. The fourth-order valence-electron chi connectivity index (χ4n) is 4.74. The molecule has 1 atom stereocenters. The van der Waals surface area contributed by atoms with Crippen molar-refractivity contribution in [1.82, 2.24) is 10.2 Å². The van der Waals surface area contributed by atoms with Gasteiger partial charge in [0.2, 0.25) is 12.7 Å². The van der Waals surface area contributed by atoms with Gasteiger partial charge in [-0.2, -0.15) is 0 Å². The predicted molar refractivity (Wildman–Crippen MR) is 121 cm³/mol. The van der Waals surface area contributed by atoms with Crippen LogP contribution in [0.5, 0.6) is 11.5 Å². The van der Waals surface area contributed by atoms with Gasteiger partial charge >= 0.3 is 0 Å². The number of hydrogen-bond acceptors (Lipinski definition) is 4. The number of nitrogens with one attached hydrogen (secondary N) is 1. The third-order valence-electron chi connectivity index (χ3n) is 6.63. The topological polar surface area (TPSA) is 50.8 Å². The zero-order valence-corrected chi connectivity index (χ0v) is 17.8.